The van der Waals surface area contributed by atoms with E-state index < -0.39 is 0 Å². The summed E-state index contributed by atoms with van der Waals surface area (Å²) in [7, 11) is 0. The van der Waals surface area contributed by atoms with Crippen molar-refractivity contribution in [3.05, 3.63) is 67.1 Å². The SMILES string of the molecule is CCCCCc1c2nc(c(Br)c3nc(c(CCCCC)c4ccc([nH]4)c(Br)c4ccc1[nH]4)C=C3)C=C2. The summed E-state index contributed by atoms with van der Waals surface area (Å²) in [5.74, 6) is 0. The fourth-order valence-corrected chi connectivity index (χ4v) is 5.79. The zero-order valence-corrected chi connectivity index (χ0v) is 24.1. The Balaban J connectivity index is 1.81. The number of hydrogen-bond donors (Lipinski definition) is 2. The van der Waals surface area contributed by atoms with Crippen LogP contribution < -0.4 is 0 Å². The lowest BCUT2D eigenvalue weighted by molar-refractivity contribution is 0.717. The van der Waals surface area contributed by atoms with Crippen LogP contribution in [0.3, 0.4) is 0 Å². The fraction of sp³-hybridized carbons (Fsp3) is 0.333. The third kappa shape index (κ3) is 5.16. The zero-order chi connectivity index (χ0) is 25.1. The predicted octanol–water partition coefficient (Wildman–Crippen LogP) is 9.65. The number of unbranched alkanes of at least 4 members (excludes halogenated alkanes) is 4. The molecule has 5 heterocycles. The van der Waals surface area contributed by atoms with Crippen molar-refractivity contribution < 1.29 is 0 Å². The number of nitrogens with zero attached hydrogens (tertiary/aromatic N) is 2. The van der Waals surface area contributed by atoms with Crippen LogP contribution >= 0.6 is 31.9 Å². The molecule has 3 aromatic rings. The first kappa shape index (κ1) is 25.2. The van der Waals surface area contributed by atoms with E-state index in [1.807, 2.05) is 0 Å². The van der Waals surface area contributed by atoms with E-state index in [-0.39, 0.29) is 0 Å². The summed E-state index contributed by atoms with van der Waals surface area (Å²) in [5.41, 5.74) is 10.8. The number of aryl methyl sites for hydroxylation is 2. The van der Waals surface area contributed by atoms with Gasteiger partial charge in [-0.2, -0.15) is 0 Å². The van der Waals surface area contributed by atoms with Gasteiger partial charge in [0, 0.05) is 22.2 Å². The molecule has 6 heteroatoms. The number of fused-ring (bicyclic) bond motifs is 8. The summed E-state index contributed by atoms with van der Waals surface area (Å²) in [6, 6.07) is 8.67. The normalized spacial score (nSPS) is 12.6. The Labute approximate surface area is 229 Å². The van der Waals surface area contributed by atoms with E-state index >= 15 is 0 Å². The summed E-state index contributed by atoms with van der Waals surface area (Å²) in [4.78, 5) is 17.4. The third-order valence-electron chi connectivity index (χ3n) is 6.90. The molecule has 2 aliphatic rings. The molecule has 2 aliphatic heterocycles. The van der Waals surface area contributed by atoms with Crippen LogP contribution in [0.2, 0.25) is 0 Å². The van der Waals surface area contributed by atoms with Crippen LogP contribution in [0.1, 0.15) is 86.3 Å². The van der Waals surface area contributed by atoms with Crippen molar-refractivity contribution in [3.8, 4) is 0 Å². The molecular weight excluding hydrogens is 576 g/mol. The monoisotopic (exact) mass is 606 g/mol. The van der Waals surface area contributed by atoms with Crippen LogP contribution in [0.4, 0.5) is 0 Å². The molecular formula is C30H32Br2N4. The molecule has 0 aliphatic carbocycles. The van der Waals surface area contributed by atoms with E-state index in [0.717, 1.165) is 79.5 Å². The minimum absolute atomic E-state index is 0.920. The van der Waals surface area contributed by atoms with Crippen LogP contribution in [0.25, 0.3) is 46.4 Å². The van der Waals surface area contributed by atoms with E-state index in [1.54, 1.807) is 0 Å². The van der Waals surface area contributed by atoms with E-state index in [0.29, 0.717) is 0 Å². The van der Waals surface area contributed by atoms with Crippen molar-refractivity contribution in [2.45, 2.75) is 65.2 Å². The summed E-state index contributed by atoms with van der Waals surface area (Å²) in [6.45, 7) is 4.48. The van der Waals surface area contributed by atoms with E-state index in [1.165, 1.54) is 36.8 Å². The lowest BCUT2D eigenvalue weighted by Crippen LogP contribution is -1.93. The molecule has 0 fully saturated rings. The third-order valence-corrected chi connectivity index (χ3v) is 8.57. The highest BCUT2D eigenvalue weighted by Gasteiger charge is 2.15. The van der Waals surface area contributed by atoms with E-state index in [9.17, 15) is 0 Å². The minimum atomic E-state index is 0.920. The Morgan fingerprint density at radius 3 is 1.42 bits per heavy atom. The molecule has 0 atom stereocenters. The van der Waals surface area contributed by atoms with Crippen LogP contribution in [-0.4, -0.2) is 19.9 Å². The molecule has 0 aromatic carbocycles. The van der Waals surface area contributed by atoms with Gasteiger partial charge in [-0.05, 0) is 106 Å². The quantitative estimate of drug-likeness (QED) is 0.172. The second-order valence-corrected chi connectivity index (χ2v) is 11.1. The second kappa shape index (κ2) is 11.3. The lowest BCUT2D eigenvalue weighted by atomic mass is 10.1. The highest BCUT2D eigenvalue weighted by Crippen LogP contribution is 2.31. The minimum Gasteiger partial charge on any atom is -0.354 e. The molecule has 0 amide bonds. The molecule has 0 saturated carbocycles. The van der Waals surface area contributed by atoms with Crippen molar-refractivity contribution in [2.24, 2.45) is 0 Å². The van der Waals surface area contributed by atoms with Gasteiger partial charge in [-0.3, -0.25) is 0 Å². The first-order valence-corrected chi connectivity index (χ1v) is 14.6. The van der Waals surface area contributed by atoms with Crippen LogP contribution in [0, 0.1) is 0 Å². The van der Waals surface area contributed by atoms with E-state index in [4.69, 9.17) is 9.97 Å². The molecule has 0 spiro atoms. The van der Waals surface area contributed by atoms with Crippen molar-refractivity contribution in [2.75, 3.05) is 0 Å². The topological polar surface area (TPSA) is 57.4 Å². The highest BCUT2D eigenvalue weighted by molar-refractivity contribution is 9.11. The molecule has 186 valence electrons. The number of aromatic amines is 2. The molecule has 0 saturated heterocycles. The Hall–Kier alpha value is -2.44. The average Bonchev–Trinajstić information content (AvgIpc) is 3.69. The van der Waals surface area contributed by atoms with Gasteiger partial charge in [0.2, 0.25) is 0 Å². The Morgan fingerprint density at radius 1 is 0.556 bits per heavy atom. The lowest BCUT2D eigenvalue weighted by Gasteiger charge is -2.03. The second-order valence-electron chi connectivity index (χ2n) is 9.50. The predicted molar refractivity (Wildman–Crippen MR) is 161 cm³/mol. The molecule has 8 bridgehead atoms. The number of rotatable bonds is 8. The highest BCUT2D eigenvalue weighted by atomic mass is 79.9. The van der Waals surface area contributed by atoms with Crippen molar-refractivity contribution in [1.82, 2.24) is 19.9 Å². The summed E-state index contributed by atoms with van der Waals surface area (Å²) >= 11 is 7.69. The smallest absolute Gasteiger partial charge is 0.0801 e. The molecule has 2 N–H and O–H groups in total. The van der Waals surface area contributed by atoms with Crippen molar-refractivity contribution >= 4 is 78.2 Å². The maximum Gasteiger partial charge on any atom is 0.0801 e. The Bertz CT molecular complexity index is 1380. The van der Waals surface area contributed by atoms with Gasteiger partial charge in [0.25, 0.3) is 0 Å². The maximum atomic E-state index is 5.05. The first-order valence-electron chi connectivity index (χ1n) is 13.0. The van der Waals surface area contributed by atoms with E-state index in [2.05, 4.69) is 104 Å². The number of nitrogens with one attached hydrogen (secondary N) is 2. The fourth-order valence-electron chi connectivity index (χ4n) is 4.88. The van der Waals surface area contributed by atoms with Gasteiger partial charge in [-0.15, -0.1) is 0 Å². The number of hydrogen-bond acceptors (Lipinski definition) is 2. The maximum absolute atomic E-state index is 5.05. The van der Waals surface area contributed by atoms with Gasteiger partial charge < -0.3 is 9.97 Å². The van der Waals surface area contributed by atoms with Gasteiger partial charge in [0.15, 0.2) is 0 Å². The molecule has 0 radical (unpaired) electrons. The van der Waals surface area contributed by atoms with Gasteiger partial charge in [-0.1, -0.05) is 39.5 Å². The summed E-state index contributed by atoms with van der Waals surface area (Å²) in [6.07, 6.45) is 17.5. The van der Waals surface area contributed by atoms with Crippen LogP contribution in [-0.2, 0) is 12.8 Å². The summed E-state index contributed by atoms with van der Waals surface area (Å²) < 4.78 is 1.96. The number of H-pyrrole nitrogens is 2. The van der Waals surface area contributed by atoms with Crippen LogP contribution in [0.5, 0.6) is 0 Å². The number of halogens is 2. The van der Waals surface area contributed by atoms with Gasteiger partial charge in [-0.25, -0.2) is 9.97 Å². The van der Waals surface area contributed by atoms with Crippen molar-refractivity contribution in [1.29, 1.82) is 0 Å². The van der Waals surface area contributed by atoms with Crippen LogP contribution in [0.15, 0.2) is 33.2 Å². The molecule has 0 unspecified atom stereocenters. The average molecular weight is 608 g/mol. The molecule has 5 rings (SSSR count). The zero-order valence-electron chi connectivity index (χ0n) is 20.9. The standard InChI is InChI=1S/C30H32Br2N4/c1-3-5-7-9-19-21-11-15-25(33-21)29(31)27-17-13-23(35-27)20(10-8-6-4-2)24-14-18-28(36-24)30(32)26-16-12-22(19)34-26/h11-18,33,35H,3-10H2,1-2H3. The Kier molecular flexibility index (Phi) is 7.92. The van der Waals surface area contributed by atoms with Gasteiger partial charge >= 0.3 is 0 Å². The molecule has 36 heavy (non-hydrogen) atoms. The molecule has 3 aromatic heterocycles. The van der Waals surface area contributed by atoms with Gasteiger partial charge in [0.05, 0.1) is 42.8 Å². The Morgan fingerprint density at radius 2 is 0.972 bits per heavy atom. The largest absolute Gasteiger partial charge is 0.354 e. The molecule has 4 nitrogen and oxygen atoms in total. The first-order chi connectivity index (χ1) is 17.6. The van der Waals surface area contributed by atoms with Gasteiger partial charge in [0.1, 0.15) is 0 Å². The van der Waals surface area contributed by atoms with Crippen molar-refractivity contribution in [3.63, 3.8) is 0 Å². The summed E-state index contributed by atoms with van der Waals surface area (Å²) in [5, 5.41) is 0. The number of aromatic nitrogens is 4.